The zero-order chi connectivity index (χ0) is 15.5. The molecule has 0 unspecified atom stereocenters. The number of nitrogen functional groups attached to an aromatic ring is 1. The van der Waals surface area contributed by atoms with Crippen molar-refractivity contribution in [2.45, 2.75) is 4.90 Å². The molecular formula is C13H12FN3O3S. The van der Waals surface area contributed by atoms with Crippen molar-refractivity contribution in [1.29, 1.82) is 0 Å². The number of hydrazine groups is 1. The Hall–Kier alpha value is -2.45. The highest BCUT2D eigenvalue weighted by Crippen LogP contribution is 2.11. The second kappa shape index (κ2) is 5.90. The topological polar surface area (TPSA) is 101 Å². The number of sulfonamides is 1. The van der Waals surface area contributed by atoms with E-state index in [1.54, 1.807) is 0 Å². The Bertz CT molecular complexity index is 760. The molecule has 0 aliphatic heterocycles. The number of hydrogen-bond acceptors (Lipinski definition) is 4. The van der Waals surface area contributed by atoms with Gasteiger partial charge in [-0.15, -0.1) is 4.83 Å². The van der Waals surface area contributed by atoms with Gasteiger partial charge in [0, 0.05) is 5.69 Å². The summed E-state index contributed by atoms with van der Waals surface area (Å²) in [7, 11) is -3.95. The average Bonchev–Trinajstić information content (AvgIpc) is 2.46. The van der Waals surface area contributed by atoms with Gasteiger partial charge >= 0.3 is 0 Å². The maximum atomic E-state index is 13.4. The smallest absolute Gasteiger partial charge is 0.269 e. The molecule has 0 atom stereocenters. The maximum Gasteiger partial charge on any atom is 0.269 e. The Labute approximate surface area is 120 Å². The third-order valence-corrected chi connectivity index (χ3v) is 3.87. The summed E-state index contributed by atoms with van der Waals surface area (Å²) in [5.74, 6) is -1.64. The van der Waals surface area contributed by atoms with Crippen molar-refractivity contribution in [1.82, 2.24) is 10.3 Å². The van der Waals surface area contributed by atoms with Gasteiger partial charge in [-0.25, -0.2) is 12.8 Å². The van der Waals surface area contributed by atoms with Gasteiger partial charge in [-0.05, 0) is 36.4 Å². The Morgan fingerprint density at radius 2 is 1.67 bits per heavy atom. The van der Waals surface area contributed by atoms with Crippen molar-refractivity contribution in [2.24, 2.45) is 0 Å². The van der Waals surface area contributed by atoms with Gasteiger partial charge in [0.25, 0.3) is 15.9 Å². The van der Waals surface area contributed by atoms with Gasteiger partial charge in [0.05, 0.1) is 10.5 Å². The van der Waals surface area contributed by atoms with E-state index in [0.29, 0.717) is 5.69 Å². The number of nitrogens with one attached hydrogen (secondary N) is 2. The van der Waals surface area contributed by atoms with Gasteiger partial charge < -0.3 is 5.73 Å². The van der Waals surface area contributed by atoms with Crippen LogP contribution in [0.1, 0.15) is 10.4 Å². The molecule has 0 aliphatic carbocycles. The minimum atomic E-state index is -3.95. The highest BCUT2D eigenvalue weighted by Gasteiger charge is 2.17. The highest BCUT2D eigenvalue weighted by molar-refractivity contribution is 7.89. The number of anilines is 1. The molecule has 0 radical (unpaired) electrons. The summed E-state index contributed by atoms with van der Waals surface area (Å²) in [5, 5.41) is 0. The van der Waals surface area contributed by atoms with Gasteiger partial charge in [-0.3, -0.25) is 10.2 Å². The number of benzene rings is 2. The van der Waals surface area contributed by atoms with Crippen LogP contribution in [0.3, 0.4) is 0 Å². The van der Waals surface area contributed by atoms with E-state index in [1.165, 1.54) is 42.5 Å². The first-order valence-corrected chi connectivity index (χ1v) is 7.31. The van der Waals surface area contributed by atoms with Crippen LogP contribution in [0.25, 0.3) is 0 Å². The van der Waals surface area contributed by atoms with Crippen molar-refractivity contribution in [3.63, 3.8) is 0 Å². The highest BCUT2D eigenvalue weighted by atomic mass is 32.2. The molecule has 2 rings (SSSR count). The van der Waals surface area contributed by atoms with Crippen LogP contribution in [0.15, 0.2) is 53.4 Å². The lowest BCUT2D eigenvalue weighted by atomic mass is 10.2. The third kappa shape index (κ3) is 3.56. The fourth-order valence-corrected chi connectivity index (χ4v) is 2.37. The zero-order valence-corrected chi connectivity index (χ0v) is 11.5. The molecule has 0 aromatic heterocycles. The van der Waals surface area contributed by atoms with Gasteiger partial charge in [0.2, 0.25) is 0 Å². The first kappa shape index (κ1) is 14.9. The Morgan fingerprint density at radius 1 is 1.05 bits per heavy atom. The monoisotopic (exact) mass is 309 g/mol. The van der Waals surface area contributed by atoms with Crippen molar-refractivity contribution in [3.05, 3.63) is 59.9 Å². The Morgan fingerprint density at radius 3 is 2.29 bits per heavy atom. The van der Waals surface area contributed by atoms with E-state index in [-0.39, 0.29) is 10.5 Å². The molecule has 0 spiro atoms. The fraction of sp³-hybridized carbons (Fsp3) is 0. The standard InChI is InChI=1S/C13H12FN3O3S/c14-12-4-2-1-3-11(12)13(18)16-17-21(19,20)10-7-5-9(15)6-8-10/h1-8,17H,15H2,(H,16,18). The van der Waals surface area contributed by atoms with E-state index in [4.69, 9.17) is 5.73 Å². The predicted octanol–water partition coefficient (Wildman–Crippen LogP) is 1.03. The summed E-state index contributed by atoms with van der Waals surface area (Å²) in [6.07, 6.45) is 0. The lowest BCUT2D eigenvalue weighted by Gasteiger charge is -2.09. The molecule has 0 saturated heterocycles. The largest absolute Gasteiger partial charge is 0.399 e. The summed E-state index contributed by atoms with van der Waals surface area (Å²) in [5.41, 5.74) is 7.54. The molecular weight excluding hydrogens is 297 g/mol. The van der Waals surface area contributed by atoms with Gasteiger partial charge in [-0.1, -0.05) is 12.1 Å². The SMILES string of the molecule is Nc1ccc(S(=O)(=O)NNC(=O)c2ccccc2F)cc1. The summed E-state index contributed by atoms with van der Waals surface area (Å²) in [6.45, 7) is 0. The number of carbonyl (C=O) groups is 1. The number of nitrogens with two attached hydrogens (primary N) is 1. The summed E-state index contributed by atoms with van der Waals surface area (Å²) < 4.78 is 37.2. The normalized spacial score (nSPS) is 11.1. The number of halogens is 1. The Kier molecular flexibility index (Phi) is 4.20. The second-order valence-corrected chi connectivity index (χ2v) is 5.79. The third-order valence-electron chi connectivity index (χ3n) is 2.61. The number of hydrogen-bond donors (Lipinski definition) is 3. The van der Waals surface area contributed by atoms with Crippen LogP contribution < -0.4 is 16.0 Å². The van der Waals surface area contributed by atoms with Crippen molar-refractivity contribution >= 4 is 21.6 Å². The molecule has 1 amide bonds. The van der Waals surface area contributed by atoms with Gasteiger partial charge in [0.15, 0.2) is 0 Å². The quantitative estimate of drug-likeness (QED) is 0.580. The molecule has 2 aromatic rings. The zero-order valence-electron chi connectivity index (χ0n) is 10.7. The number of amides is 1. The van der Waals surface area contributed by atoms with Crippen molar-refractivity contribution in [3.8, 4) is 0 Å². The van der Waals surface area contributed by atoms with Crippen LogP contribution >= 0.6 is 0 Å². The molecule has 0 bridgehead atoms. The van der Waals surface area contributed by atoms with Crippen molar-refractivity contribution < 1.29 is 17.6 Å². The van der Waals surface area contributed by atoms with Crippen LogP contribution in [0.5, 0.6) is 0 Å². The second-order valence-electron chi connectivity index (χ2n) is 4.11. The molecule has 0 fully saturated rings. The average molecular weight is 309 g/mol. The molecule has 0 saturated carbocycles. The van der Waals surface area contributed by atoms with E-state index >= 15 is 0 Å². The summed E-state index contributed by atoms with van der Waals surface area (Å²) in [4.78, 5) is 13.5. The van der Waals surface area contributed by atoms with Gasteiger partial charge in [0.1, 0.15) is 5.82 Å². The maximum absolute atomic E-state index is 13.4. The van der Waals surface area contributed by atoms with Crippen molar-refractivity contribution in [2.75, 3.05) is 5.73 Å². The Balaban J connectivity index is 2.10. The molecule has 4 N–H and O–H groups in total. The first-order valence-electron chi connectivity index (χ1n) is 5.82. The lowest BCUT2D eigenvalue weighted by molar-refractivity contribution is 0.0941. The van der Waals surface area contributed by atoms with Gasteiger partial charge in [-0.2, -0.15) is 0 Å². The fourth-order valence-electron chi connectivity index (χ4n) is 1.53. The summed E-state index contributed by atoms with van der Waals surface area (Å²) in [6, 6.07) is 10.6. The van der Waals surface area contributed by atoms with Crippen LogP contribution in [0, 0.1) is 5.82 Å². The molecule has 2 aromatic carbocycles. The molecule has 21 heavy (non-hydrogen) atoms. The molecule has 0 aliphatic rings. The van der Waals surface area contributed by atoms with Crippen LogP contribution in [-0.4, -0.2) is 14.3 Å². The lowest BCUT2D eigenvalue weighted by Crippen LogP contribution is -2.41. The van der Waals surface area contributed by atoms with E-state index < -0.39 is 21.7 Å². The molecule has 8 heteroatoms. The van der Waals surface area contributed by atoms with Crippen LogP contribution in [0.4, 0.5) is 10.1 Å². The van der Waals surface area contributed by atoms with E-state index in [1.807, 2.05) is 10.3 Å². The number of carbonyl (C=O) groups excluding carboxylic acids is 1. The predicted molar refractivity (Wildman–Crippen MR) is 75.0 cm³/mol. The van der Waals surface area contributed by atoms with E-state index in [2.05, 4.69) is 0 Å². The minimum absolute atomic E-state index is 0.0782. The minimum Gasteiger partial charge on any atom is -0.399 e. The summed E-state index contributed by atoms with van der Waals surface area (Å²) >= 11 is 0. The molecule has 0 heterocycles. The van der Waals surface area contributed by atoms with E-state index in [0.717, 1.165) is 6.07 Å². The van der Waals surface area contributed by atoms with E-state index in [9.17, 15) is 17.6 Å². The molecule has 110 valence electrons. The number of rotatable bonds is 4. The first-order chi connectivity index (χ1) is 9.90. The van der Waals surface area contributed by atoms with Crippen LogP contribution in [-0.2, 0) is 10.0 Å². The molecule has 6 nitrogen and oxygen atoms in total. The van der Waals surface area contributed by atoms with Crippen LogP contribution in [0.2, 0.25) is 0 Å².